The van der Waals surface area contributed by atoms with Crippen molar-refractivity contribution in [2.45, 2.75) is 341 Å². The van der Waals surface area contributed by atoms with Gasteiger partial charge in [-0.05, 0) is 122 Å². The van der Waals surface area contributed by atoms with E-state index in [0.717, 1.165) is 116 Å². The molecular weight excluding hydrogens is 985 g/mol. The molecule has 0 aliphatic carbocycles. The highest BCUT2D eigenvalue weighted by atomic mass is 16.6. The zero-order chi connectivity index (χ0) is 57.8. The molecular formula is C74H128O6. The van der Waals surface area contributed by atoms with Crippen LogP contribution in [0.2, 0.25) is 0 Å². The Morgan fingerprint density at radius 2 is 0.487 bits per heavy atom. The standard InChI is InChI=1S/C74H128O6/c1-4-7-10-13-16-19-22-25-28-29-30-31-32-33-34-35-36-37-38-39-40-41-42-43-44-45-47-49-52-55-58-61-64-67-73(76)79-70-71(69-78-72(75)66-63-60-57-54-51-48-27-24-21-18-15-12-9-6-3)80-74(77)68-65-62-59-56-53-50-46-26-23-20-17-14-11-8-5-2/h7,10,16,19,24-28,30-31,33-34,36-37,46,71H,4-6,8-9,11-15,17-18,20-23,29,32,35,38-45,47-70H2,1-3H3/b10-7-,19-16-,27-24-,28-25-,31-30-,34-33-,37-36-,46-26-. The Kier molecular flexibility index (Phi) is 64.7. The Labute approximate surface area is 496 Å². The summed E-state index contributed by atoms with van der Waals surface area (Å²) in [5.74, 6) is -0.885. The fraction of sp³-hybridized carbons (Fsp3) is 0.743. The first-order valence-electron chi connectivity index (χ1n) is 34.2. The van der Waals surface area contributed by atoms with Crippen molar-refractivity contribution in [1.82, 2.24) is 0 Å². The molecule has 0 aliphatic rings. The molecule has 0 aromatic heterocycles. The monoisotopic (exact) mass is 1110 g/mol. The molecule has 80 heavy (non-hydrogen) atoms. The van der Waals surface area contributed by atoms with Crippen LogP contribution in [0.5, 0.6) is 0 Å². The smallest absolute Gasteiger partial charge is 0.306 e. The summed E-state index contributed by atoms with van der Waals surface area (Å²) in [6.45, 7) is 6.53. The summed E-state index contributed by atoms with van der Waals surface area (Å²) >= 11 is 0. The summed E-state index contributed by atoms with van der Waals surface area (Å²) in [6, 6.07) is 0. The minimum absolute atomic E-state index is 0.0808. The van der Waals surface area contributed by atoms with Crippen LogP contribution in [0.3, 0.4) is 0 Å². The van der Waals surface area contributed by atoms with Gasteiger partial charge in [-0.2, -0.15) is 0 Å². The zero-order valence-electron chi connectivity index (χ0n) is 52.8. The highest BCUT2D eigenvalue weighted by Crippen LogP contribution is 2.17. The number of hydrogen-bond donors (Lipinski definition) is 0. The van der Waals surface area contributed by atoms with Gasteiger partial charge < -0.3 is 14.2 Å². The Morgan fingerprint density at radius 1 is 0.263 bits per heavy atom. The number of carbonyl (C=O) groups excluding carboxylic acids is 3. The maximum absolute atomic E-state index is 12.9. The Morgan fingerprint density at radius 3 is 0.775 bits per heavy atom. The Bertz CT molecular complexity index is 1560. The largest absolute Gasteiger partial charge is 0.462 e. The van der Waals surface area contributed by atoms with Crippen LogP contribution in [0.15, 0.2) is 97.2 Å². The van der Waals surface area contributed by atoms with Crippen molar-refractivity contribution in [3.8, 4) is 0 Å². The minimum Gasteiger partial charge on any atom is -0.462 e. The van der Waals surface area contributed by atoms with Crippen LogP contribution >= 0.6 is 0 Å². The predicted molar refractivity (Wildman–Crippen MR) is 348 cm³/mol. The van der Waals surface area contributed by atoms with Crippen molar-refractivity contribution >= 4 is 17.9 Å². The molecule has 0 heterocycles. The molecule has 0 amide bonds. The number of carbonyl (C=O) groups is 3. The van der Waals surface area contributed by atoms with Gasteiger partial charge in [0.2, 0.25) is 0 Å². The molecule has 1 atom stereocenters. The first-order chi connectivity index (χ1) is 39.5. The van der Waals surface area contributed by atoms with E-state index >= 15 is 0 Å². The van der Waals surface area contributed by atoms with E-state index in [1.165, 1.54) is 180 Å². The minimum atomic E-state index is -0.785. The molecule has 0 saturated heterocycles. The van der Waals surface area contributed by atoms with Gasteiger partial charge in [0.1, 0.15) is 13.2 Å². The molecule has 6 heteroatoms. The number of hydrogen-bond acceptors (Lipinski definition) is 6. The van der Waals surface area contributed by atoms with E-state index < -0.39 is 6.10 Å². The summed E-state index contributed by atoms with van der Waals surface area (Å²) in [6.07, 6.45) is 91.4. The zero-order valence-corrected chi connectivity index (χ0v) is 52.8. The maximum atomic E-state index is 12.9. The number of unbranched alkanes of at least 4 members (excludes halogenated alkanes) is 35. The van der Waals surface area contributed by atoms with E-state index in [-0.39, 0.29) is 31.1 Å². The van der Waals surface area contributed by atoms with Gasteiger partial charge in [-0.15, -0.1) is 0 Å². The molecule has 0 aromatic rings. The van der Waals surface area contributed by atoms with Gasteiger partial charge in [-0.25, -0.2) is 0 Å². The van der Waals surface area contributed by atoms with Gasteiger partial charge in [0, 0.05) is 19.3 Å². The van der Waals surface area contributed by atoms with E-state index in [1.807, 2.05) is 0 Å². The number of ether oxygens (including phenoxy) is 3. The van der Waals surface area contributed by atoms with Gasteiger partial charge in [0.05, 0.1) is 0 Å². The van der Waals surface area contributed by atoms with E-state index in [9.17, 15) is 14.4 Å². The normalized spacial score (nSPS) is 12.7. The van der Waals surface area contributed by atoms with Crippen LogP contribution in [-0.4, -0.2) is 37.2 Å². The molecule has 0 rings (SSSR count). The number of esters is 3. The molecule has 0 spiro atoms. The predicted octanol–water partition coefficient (Wildman–Crippen LogP) is 23.6. The maximum Gasteiger partial charge on any atom is 0.306 e. The highest BCUT2D eigenvalue weighted by Gasteiger charge is 2.19. The lowest BCUT2D eigenvalue weighted by molar-refractivity contribution is -0.167. The molecule has 1 unspecified atom stereocenters. The van der Waals surface area contributed by atoms with Crippen molar-refractivity contribution in [1.29, 1.82) is 0 Å². The second kappa shape index (κ2) is 67.8. The van der Waals surface area contributed by atoms with Gasteiger partial charge in [-0.3, -0.25) is 14.4 Å². The fourth-order valence-electron chi connectivity index (χ4n) is 9.67. The molecule has 0 bridgehead atoms. The second-order valence-electron chi connectivity index (χ2n) is 22.7. The van der Waals surface area contributed by atoms with Crippen LogP contribution in [0, 0.1) is 0 Å². The van der Waals surface area contributed by atoms with Crippen molar-refractivity contribution < 1.29 is 28.6 Å². The lowest BCUT2D eigenvalue weighted by Crippen LogP contribution is -2.30. The molecule has 460 valence electrons. The van der Waals surface area contributed by atoms with E-state index in [0.29, 0.717) is 19.3 Å². The van der Waals surface area contributed by atoms with Crippen molar-refractivity contribution in [3.05, 3.63) is 97.2 Å². The fourth-order valence-corrected chi connectivity index (χ4v) is 9.67. The average molecular weight is 1110 g/mol. The topological polar surface area (TPSA) is 78.9 Å². The summed E-state index contributed by atoms with van der Waals surface area (Å²) in [4.78, 5) is 38.3. The van der Waals surface area contributed by atoms with Gasteiger partial charge in [0.15, 0.2) is 6.10 Å². The molecule has 0 saturated carbocycles. The van der Waals surface area contributed by atoms with Crippen LogP contribution in [-0.2, 0) is 28.6 Å². The molecule has 6 nitrogen and oxygen atoms in total. The van der Waals surface area contributed by atoms with E-state index in [1.54, 1.807) is 0 Å². The van der Waals surface area contributed by atoms with E-state index in [4.69, 9.17) is 14.2 Å². The molecule has 0 aromatic carbocycles. The SMILES string of the molecule is CC/C=C\C/C=C\C/C=C\C/C=C\C/C=C\C/C=C\CCCCCCCCCCCCCCCCC(=O)OCC(COC(=O)CCCCCCC/C=C\CCCCCCC)OC(=O)CCCCCCC/C=C\CCCCCCCC. The number of allylic oxidation sites excluding steroid dienone is 16. The van der Waals surface area contributed by atoms with Gasteiger partial charge in [-0.1, -0.05) is 291 Å². The van der Waals surface area contributed by atoms with Gasteiger partial charge >= 0.3 is 17.9 Å². The number of rotatable bonds is 62. The van der Waals surface area contributed by atoms with Crippen molar-refractivity contribution in [3.63, 3.8) is 0 Å². The van der Waals surface area contributed by atoms with Crippen LogP contribution in [0.1, 0.15) is 335 Å². The lowest BCUT2D eigenvalue weighted by Gasteiger charge is -2.18. The molecule has 0 radical (unpaired) electrons. The van der Waals surface area contributed by atoms with Crippen LogP contribution in [0.4, 0.5) is 0 Å². The third-order valence-corrected chi connectivity index (χ3v) is 14.8. The molecule has 0 N–H and O–H groups in total. The molecule has 0 aliphatic heterocycles. The molecule has 0 fully saturated rings. The highest BCUT2D eigenvalue weighted by molar-refractivity contribution is 5.71. The van der Waals surface area contributed by atoms with Crippen molar-refractivity contribution in [2.75, 3.05) is 13.2 Å². The first kappa shape index (κ1) is 76.3. The first-order valence-corrected chi connectivity index (χ1v) is 34.2. The summed E-state index contributed by atoms with van der Waals surface area (Å²) in [5, 5.41) is 0. The lowest BCUT2D eigenvalue weighted by atomic mass is 10.0. The summed E-state index contributed by atoms with van der Waals surface area (Å²) < 4.78 is 16.9. The average Bonchev–Trinajstić information content (AvgIpc) is 3.46. The Balaban J connectivity index is 4.20. The van der Waals surface area contributed by atoms with Gasteiger partial charge in [0.25, 0.3) is 0 Å². The quantitative estimate of drug-likeness (QED) is 0.0261. The summed E-state index contributed by atoms with van der Waals surface area (Å²) in [7, 11) is 0. The van der Waals surface area contributed by atoms with Crippen LogP contribution < -0.4 is 0 Å². The third kappa shape index (κ3) is 65.1. The summed E-state index contributed by atoms with van der Waals surface area (Å²) in [5.41, 5.74) is 0. The Hall–Kier alpha value is -3.67. The third-order valence-electron chi connectivity index (χ3n) is 14.8. The van der Waals surface area contributed by atoms with E-state index in [2.05, 4.69) is 118 Å². The second-order valence-corrected chi connectivity index (χ2v) is 22.7. The van der Waals surface area contributed by atoms with Crippen LogP contribution in [0.25, 0.3) is 0 Å². The van der Waals surface area contributed by atoms with Crippen molar-refractivity contribution in [2.24, 2.45) is 0 Å².